The van der Waals surface area contributed by atoms with Gasteiger partial charge in [0.15, 0.2) is 5.69 Å². The third kappa shape index (κ3) is 4.06. The van der Waals surface area contributed by atoms with Gasteiger partial charge in [-0.1, -0.05) is 0 Å². The van der Waals surface area contributed by atoms with Crippen LogP contribution in [0.2, 0.25) is 0 Å². The zero-order valence-corrected chi connectivity index (χ0v) is 12.2. The van der Waals surface area contributed by atoms with Crippen molar-refractivity contribution in [3.63, 3.8) is 0 Å². The van der Waals surface area contributed by atoms with Crippen molar-refractivity contribution < 1.29 is 22.7 Å². The molecular weight excluding hydrogens is 299 g/mol. The first-order valence-corrected chi connectivity index (χ1v) is 6.39. The van der Waals surface area contributed by atoms with Gasteiger partial charge in [-0.2, -0.15) is 13.2 Å². The van der Waals surface area contributed by atoms with Crippen molar-refractivity contribution in [1.82, 2.24) is 9.97 Å². The van der Waals surface area contributed by atoms with E-state index in [0.717, 1.165) is 0 Å². The van der Waals surface area contributed by atoms with Crippen molar-refractivity contribution >= 4 is 22.8 Å². The van der Waals surface area contributed by atoms with Crippen LogP contribution in [0.5, 0.6) is 0 Å². The van der Waals surface area contributed by atoms with Crippen LogP contribution in [-0.2, 0) is 10.9 Å². The molecule has 0 saturated carbocycles. The summed E-state index contributed by atoms with van der Waals surface area (Å²) in [4.78, 5) is 18.9. The fourth-order valence-corrected chi connectivity index (χ4v) is 1.65. The average molecular weight is 313 g/mol. The van der Waals surface area contributed by atoms with Crippen molar-refractivity contribution in [2.24, 2.45) is 0 Å². The molecule has 0 fully saturated rings. The van der Waals surface area contributed by atoms with E-state index >= 15 is 0 Å². The van der Waals surface area contributed by atoms with Gasteiger partial charge in [0.1, 0.15) is 5.60 Å². The van der Waals surface area contributed by atoms with E-state index in [1.54, 1.807) is 20.8 Å². The highest BCUT2D eigenvalue weighted by Crippen LogP contribution is 2.28. The van der Waals surface area contributed by atoms with E-state index in [1.165, 1.54) is 18.2 Å². The smallest absolute Gasteiger partial charge is 0.434 e. The fourth-order valence-electron chi connectivity index (χ4n) is 1.65. The summed E-state index contributed by atoms with van der Waals surface area (Å²) < 4.78 is 42.9. The Balaban J connectivity index is 2.27. The van der Waals surface area contributed by atoms with Crippen molar-refractivity contribution in [1.29, 1.82) is 0 Å². The molecule has 8 heteroatoms. The molecule has 1 heterocycles. The van der Waals surface area contributed by atoms with Crippen LogP contribution in [0.3, 0.4) is 0 Å². The van der Waals surface area contributed by atoms with Crippen LogP contribution in [0.25, 0.3) is 11.0 Å². The number of carbonyl (C=O) groups is 1. The Morgan fingerprint density at radius 1 is 1.18 bits per heavy atom. The molecule has 2 aromatic rings. The van der Waals surface area contributed by atoms with Crippen LogP contribution >= 0.6 is 0 Å². The molecule has 0 atom stereocenters. The van der Waals surface area contributed by atoms with Crippen LogP contribution in [-0.4, -0.2) is 21.7 Å². The number of fused-ring (bicyclic) bond motifs is 1. The Bertz CT molecular complexity index is 709. The van der Waals surface area contributed by atoms with Gasteiger partial charge in [-0.15, -0.1) is 0 Å². The molecule has 0 radical (unpaired) electrons. The van der Waals surface area contributed by atoms with Gasteiger partial charge in [-0.3, -0.25) is 10.3 Å². The van der Waals surface area contributed by atoms with Crippen molar-refractivity contribution in [3.8, 4) is 0 Å². The zero-order chi connectivity index (χ0) is 16.5. The third-order valence-corrected chi connectivity index (χ3v) is 2.48. The number of halogens is 3. The van der Waals surface area contributed by atoms with Gasteiger partial charge in [0.05, 0.1) is 17.2 Å². The number of aromatic nitrogens is 2. The van der Waals surface area contributed by atoms with Gasteiger partial charge in [-0.25, -0.2) is 9.78 Å². The fraction of sp³-hybridized carbons (Fsp3) is 0.357. The molecule has 1 amide bonds. The maximum atomic E-state index is 12.6. The molecule has 0 aliphatic carbocycles. The van der Waals surface area contributed by atoms with Crippen LogP contribution in [0.4, 0.5) is 23.7 Å². The number of hydrogen-bond acceptors (Lipinski definition) is 4. The first kappa shape index (κ1) is 16.0. The summed E-state index contributed by atoms with van der Waals surface area (Å²) in [7, 11) is 0. The summed E-state index contributed by atoms with van der Waals surface area (Å²) in [6, 6.07) is 4.28. The maximum absolute atomic E-state index is 12.6. The molecule has 1 aromatic heterocycles. The summed E-state index contributed by atoms with van der Waals surface area (Å²) in [5.41, 5.74) is -1.17. The normalized spacial score (nSPS) is 12.3. The number of rotatable bonds is 1. The lowest BCUT2D eigenvalue weighted by Gasteiger charge is -2.19. The summed E-state index contributed by atoms with van der Waals surface area (Å²) in [5.74, 6) is 0. The molecule has 1 aromatic carbocycles. The minimum atomic E-state index is -4.57. The minimum Gasteiger partial charge on any atom is -0.444 e. The third-order valence-electron chi connectivity index (χ3n) is 2.48. The van der Waals surface area contributed by atoms with E-state index in [-0.39, 0.29) is 11.2 Å². The number of carbonyl (C=O) groups excluding carboxylic acids is 1. The molecule has 0 spiro atoms. The number of anilines is 1. The highest BCUT2D eigenvalue weighted by atomic mass is 19.4. The van der Waals surface area contributed by atoms with Crippen LogP contribution in [0.1, 0.15) is 26.5 Å². The maximum Gasteiger partial charge on any atom is 0.434 e. The summed E-state index contributed by atoms with van der Waals surface area (Å²) in [5, 5.41) is 2.44. The molecule has 1 N–H and O–H groups in total. The molecule has 0 aliphatic rings. The topological polar surface area (TPSA) is 64.1 Å². The van der Waals surface area contributed by atoms with E-state index in [9.17, 15) is 18.0 Å². The monoisotopic (exact) mass is 313 g/mol. The molecule has 0 saturated heterocycles. The van der Waals surface area contributed by atoms with Crippen LogP contribution in [0.15, 0.2) is 24.4 Å². The summed E-state index contributed by atoms with van der Waals surface area (Å²) in [6.07, 6.45) is -4.61. The largest absolute Gasteiger partial charge is 0.444 e. The van der Waals surface area contributed by atoms with Gasteiger partial charge < -0.3 is 4.74 Å². The van der Waals surface area contributed by atoms with E-state index in [4.69, 9.17) is 4.74 Å². The highest BCUT2D eigenvalue weighted by molar-refractivity contribution is 5.88. The lowest BCUT2D eigenvalue weighted by atomic mass is 10.2. The Hall–Kier alpha value is -2.38. The molecule has 2 rings (SSSR count). The van der Waals surface area contributed by atoms with Gasteiger partial charge >= 0.3 is 12.3 Å². The second kappa shape index (κ2) is 5.43. The predicted octanol–water partition coefficient (Wildman–Crippen LogP) is 4.00. The Morgan fingerprint density at radius 2 is 1.86 bits per heavy atom. The Labute approximate surface area is 124 Å². The van der Waals surface area contributed by atoms with E-state index in [0.29, 0.717) is 11.7 Å². The quantitative estimate of drug-likeness (QED) is 0.864. The number of nitrogens with zero attached hydrogens (tertiary/aromatic N) is 2. The number of alkyl halides is 3. The lowest BCUT2D eigenvalue weighted by molar-refractivity contribution is -0.141. The molecule has 22 heavy (non-hydrogen) atoms. The van der Waals surface area contributed by atoms with Crippen LogP contribution in [0, 0.1) is 0 Å². The highest BCUT2D eigenvalue weighted by Gasteiger charge is 2.33. The Kier molecular flexibility index (Phi) is 3.95. The number of ether oxygens (including phenoxy) is 1. The van der Waals surface area contributed by atoms with Crippen molar-refractivity contribution in [2.45, 2.75) is 32.5 Å². The minimum absolute atomic E-state index is 0.0309. The van der Waals surface area contributed by atoms with E-state index in [2.05, 4.69) is 15.3 Å². The first-order valence-electron chi connectivity index (χ1n) is 6.39. The van der Waals surface area contributed by atoms with Gasteiger partial charge in [0, 0.05) is 5.69 Å². The van der Waals surface area contributed by atoms with E-state index < -0.39 is 23.6 Å². The molecular formula is C14H14F3N3O2. The SMILES string of the molecule is CC(C)(C)OC(=O)Nc1ccc2ncc(C(F)(F)F)nc2c1. The number of amides is 1. The first-order chi connectivity index (χ1) is 10.0. The second-order valence-electron chi connectivity index (χ2n) is 5.58. The molecule has 5 nitrogen and oxygen atoms in total. The van der Waals surface area contributed by atoms with E-state index in [1.807, 2.05) is 0 Å². The molecule has 0 bridgehead atoms. The van der Waals surface area contributed by atoms with Crippen molar-refractivity contribution in [2.75, 3.05) is 5.32 Å². The summed E-state index contributed by atoms with van der Waals surface area (Å²) >= 11 is 0. The van der Waals surface area contributed by atoms with Crippen LogP contribution < -0.4 is 5.32 Å². The van der Waals surface area contributed by atoms with Crippen molar-refractivity contribution in [3.05, 3.63) is 30.1 Å². The zero-order valence-electron chi connectivity index (χ0n) is 12.2. The molecule has 0 aliphatic heterocycles. The second-order valence-corrected chi connectivity index (χ2v) is 5.58. The van der Waals surface area contributed by atoms with Gasteiger partial charge in [0.2, 0.25) is 0 Å². The van der Waals surface area contributed by atoms with Gasteiger partial charge in [0.25, 0.3) is 0 Å². The van der Waals surface area contributed by atoms with Gasteiger partial charge in [-0.05, 0) is 39.0 Å². The number of benzene rings is 1. The summed E-state index contributed by atoms with van der Waals surface area (Å²) in [6.45, 7) is 5.11. The number of hydrogen-bond donors (Lipinski definition) is 1. The Morgan fingerprint density at radius 3 is 2.45 bits per heavy atom. The standard InChI is InChI=1S/C14H14F3N3O2/c1-13(2,3)22-12(21)19-8-4-5-9-10(6-8)20-11(7-18-9)14(15,16)17/h4-7H,1-3H3,(H,19,21). The predicted molar refractivity (Wildman–Crippen MR) is 74.4 cm³/mol. The average Bonchev–Trinajstić information content (AvgIpc) is 2.34. The number of nitrogens with one attached hydrogen (secondary N) is 1. The molecule has 118 valence electrons. The molecule has 0 unspecified atom stereocenters. The lowest BCUT2D eigenvalue weighted by Crippen LogP contribution is -2.27.